The van der Waals surface area contributed by atoms with Crippen LogP contribution in [0.15, 0.2) is 12.2 Å². The molecule has 0 atom stereocenters. The van der Waals surface area contributed by atoms with Crippen LogP contribution in [0.1, 0.15) is 41.0 Å². The van der Waals surface area contributed by atoms with Crippen molar-refractivity contribution in [2.45, 2.75) is 45.8 Å². The zero-order valence-corrected chi connectivity index (χ0v) is 14.3. The summed E-state index contributed by atoms with van der Waals surface area (Å²) < 4.78 is 23.6. The van der Waals surface area contributed by atoms with E-state index in [1.165, 1.54) is 6.08 Å². The van der Waals surface area contributed by atoms with Crippen LogP contribution in [0.4, 0.5) is 0 Å². The molecule has 0 amide bonds. The van der Waals surface area contributed by atoms with Crippen molar-refractivity contribution in [3.05, 3.63) is 12.2 Å². The van der Waals surface area contributed by atoms with Crippen LogP contribution in [0.2, 0.25) is 4.73 Å². The van der Waals surface area contributed by atoms with Gasteiger partial charge in [0.25, 0.3) is 0 Å². The van der Waals surface area contributed by atoms with E-state index in [-0.39, 0.29) is 0 Å². The Balaban J connectivity index is 5.48. The molecule has 113 valence electrons. The molecule has 0 aliphatic heterocycles. The van der Waals surface area contributed by atoms with E-state index in [4.69, 9.17) is 13.3 Å². The van der Waals surface area contributed by atoms with E-state index in [0.717, 1.165) is 6.42 Å². The Labute approximate surface area is 119 Å². The first kappa shape index (κ1) is 18.8. The van der Waals surface area contributed by atoms with Crippen LogP contribution in [-0.2, 0) is 34.9 Å². The van der Waals surface area contributed by atoms with Crippen molar-refractivity contribution >= 4 is 5.97 Å². The molecule has 0 aromatic rings. The molecule has 6 heteroatoms. The molecule has 0 unspecified atom stereocenters. The predicted molar refractivity (Wildman–Crippen MR) is 70.9 cm³/mol. The first-order valence-electron chi connectivity index (χ1n) is 6.97. The van der Waals surface area contributed by atoms with Gasteiger partial charge < -0.3 is 0 Å². The molecule has 0 rings (SSSR count). The van der Waals surface area contributed by atoms with Crippen molar-refractivity contribution < 1.29 is 34.9 Å². The summed E-state index contributed by atoms with van der Waals surface area (Å²) in [4.78, 5) is 11.9. The van der Waals surface area contributed by atoms with E-state index in [1.54, 1.807) is 13.0 Å². The van der Waals surface area contributed by atoms with Crippen LogP contribution in [0, 0.1) is 0 Å². The second-order valence-electron chi connectivity index (χ2n) is 4.05. The molecule has 0 aromatic heterocycles. The van der Waals surface area contributed by atoms with E-state index in [0.29, 0.717) is 24.5 Å². The molecule has 0 aromatic carbocycles. The first-order chi connectivity index (χ1) is 9.01. The second kappa shape index (κ2) is 8.87. The summed E-state index contributed by atoms with van der Waals surface area (Å²) >= 11 is -4.63. The number of carbonyl (C=O) groups excluding carboxylic acids is 1. The zero-order chi connectivity index (χ0) is 14.8. The molecule has 0 aliphatic rings. The second-order valence-corrected chi connectivity index (χ2v) is 9.86. The summed E-state index contributed by atoms with van der Waals surface area (Å²) in [6.45, 7) is 10.5. The van der Waals surface area contributed by atoms with Crippen molar-refractivity contribution in [2.24, 2.45) is 0 Å². The molecule has 0 radical (unpaired) electrons. The van der Waals surface area contributed by atoms with Gasteiger partial charge in [0, 0.05) is 0 Å². The third kappa shape index (κ3) is 5.36. The molecule has 0 saturated carbocycles. The van der Waals surface area contributed by atoms with Crippen molar-refractivity contribution in [2.75, 3.05) is 19.8 Å². The number of hydrogen-bond acceptors (Lipinski definition) is 5. The Bertz CT molecular complexity index is 268. The van der Waals surface area contributed by atoms with Crippen LogP contribution in [0.5, 0.6) is 0 Å². The third-order valence-corrected chi connectivity index (χ3v) is 9.48. The number of carbonyl (C=O) groups is 1. The van der Waals surface area contributed by atoms with Gasteiger partial charge in [0.1, 0.15) is 0 Å². The standard InChI is InChI=1S/C4H6O2.C3H7.3C2H5O.Ti/c1-2-3-4(5)6;1-3-2;3*1-2-3;/h2-3H,1H3,(H,5,6);1,3H2,2H3;3*2H2,1H3;/q;;3*-1;+4/p-1. The van der Waals surface area contributed by atoms with E-state index in [2.05, 4.69) is 0 Å². The molecule has 0 spiro atoms. The molecule has 0 heterocycles. The topological polar surface area (TPSA) is 54.0 Å². The van der Waals surface area contributed by atoms with E-state index in [9.17, 15) is 4.79 Å². The summed E-state index contributed by atoms with van der Waals surface area (Å²) in [5.41, 5.74) is 0. The average Bonchev–Trinajstić information content (AvgIpc) is 2.30. The molecule has 0 bridgehead atoms. The zero-order valence-electron chi connectivity index (χ0n) is 12.7. The minimum absolute atomic E-state index is 0.389. The summed E-state index contributed by atoms with van der Waals surface area (Å²) in [5, 5.41) is 0. The molecule has 5 nitrogen and oxygen atoms in total. The van der Waals surface area contributed by atoms with Crippen LogP contribution < -0.4 is 0 Å². The quantitative estimate of drug-likeness (QED) is 0.457. The SMILES string of the molecule is CC=CC(=O)[O][Ti]([CH2]CC)([O]CC)([O]CC)[O]CC. The first-order valence-corrected chi connectivity index (χ1v) is 10.6. The van der Waals surface area contributed by atoms with Crippen LogP contribution in [-0.4, -0.2) is 25.8 Å². The Morgan fingerprint density at radius 1 is 1.00 bits per heavy atom. The molecule has 19 heavy (non-hydrogen) atoms. The predicted octanol–water partition coefficient (Wildman–Crippen LogP) is 3.39. The summed E-state index contributed by atoms with van der Waals surface area (Å²) in [6.07, 6.45) is 3.75. The average molecular weight is 311 g/mol. The Morgan fingerprint density at radius 2 is 1.47 bits per heavy atom. The maximum absolute atomic E-state index is 11.9. The van der Waals surface area contributed by atoms with Crippen molar-refractivity contribution in [1.29, 1.82) is 0 Å². The van der Waals surface area contributed by atoms with E-state index < -0.39 is 22.8 Å². The van der Waals surface area contributed by atoms with Crippen LogP contribution in [0.3, 0.4) is 0 Å². The monoisotopic (exact) mass is 311 g/mol. The molecular weight excluding hydrogens is 284 g/mol. The summed E-state index contributed by atoms with van der Waals surface area (Å²) in [6, 6.07) is 0. The van der Waals surface area contributed by atoms with Gasteiger partial charge in [-0.1, -0.05) is 0 Å². The van der Waals surface area contributed by atoms with Gasteiger partial charge in [-0.05, 0) is 0 Å². The van der Waals surface area contributed by atoms with Gasteiger partial charge in [0.2, 0.25) is 0 Å². The van der Waals surface area contributed by atoms with Gasteiger partial charge in [-0.15, -0.1) is 0 Å². The Hall–Kier alpha value is -0.196. The fourth-order valence-electron chi connectivity index (χ4n) is 2.09. The number of hydrogen-bond donors (Lipinski definition) is 0. The molecule has 0 saturated heterocycles. The van der Waals surface area contributed by atoms with Gasteiger partial charge in [-0.25, -0.2) is 0 Å². The van der Waals surface area contributed by atoms with E-state index >= 15 is 0 Å². The fraction of sp³-hybridized carbons (Fsp3) is 0.769. The summed E-state index contributed by atoms with van der Waals surface area (Å²) in [7, 11) is 0. The molecule has 0 aliphatic carbocycles. The normalized spacial score (nSPS) is 14.3. The van der Waals surface area contributed by atoms with Crippen LogP contribution >= 0.6 is 0 Å². The van der Waals surface area contributed by atoms with Gasteiger partial charge in [-0.3, -0.25) is 0 Å². The van der Waals surface area contributed by atoms with Gasteiger partial charge in [0.15, 0.2) is 0 Å². The molecular formula is C13H27O5Ti. The van der Waals surface area contributed by atoms with Crippen molar-refractivity contribution in [3.8, 4) is 0 Å². The van der Waals surface area contributed by atoms with Gasteiger partial charge in [-0.2, -0.15) is 0 Å². The molecule has 0 fully saturated rings. The Morgan fingerprint density at radius 3 is 1.79 bits per heavy atom. The van der Waals surface area contributed by atoms with Crippen molar-refractivity contribution in [3.63, 3.8) is 0 Å². The number of rotatable bonds is 10. The van der Waals surface area contributed by atoms with Crippen molar-refractivity contribution in [1.82, 2.24) is 0 Å². The van der Waals surface area contributed by atoms with E-state index in [1.807, 2.05) is 27.7 Å². The molecule has 0 N–H and O–H groups in total. The minimum atomic E-state index is -4.63. The summed E-state index contributed by atoms with van der Waals surface area (Å²) in [5.74, 6) is -0.469. The van der Waals surface area contributed by atoms with Gasteiger partial charge in [0.05, 0.1) is 0 Å². The van der Waals surface area contributed by atoms with Crippen LogP contribution in [0.25, 0.3) is 0 Å². The fourth-order valence-corrected chi connectivity index (χ4v) is 8.19. The third-order valence-electron chi connectivity index (χ3n) is 2.53. The number of allylic oxidation sites excluding steroid dienone is 1. The van der Waals surface area contributed by atoms with Gasteiger partial charge >= 0.3 is 119 Å². The maximum atomic E-state index is 11.9. The Kier molecular flexibility index (Phi) is 8.78.